The lowest BCUT2D eigenvalue weighted by Crippen LogP contribution is -2.31. The van der Waals surface area contributed by atoms with E-state index < -0.39 is 64.7 Å². The second-order valence-electron chi connectivity index (χ2n) is 17.3. The van der Waals surface area contributed by atoms with Crippen LogP contribution in [-0.2, 0) is 66.8 Å². The number of fused-ring (bicyclic) bond motifs is 2. The molecule has 0 unspecified atom stereocenters. The van der Waals surface area contributed by atoms with Crippen LogP contribution in [0.5, 0.6) is 0 Å². The van der Waals surface area contributed by atoms with Crippen LogP contribution in [0.3, 0.4) is 0 Å². The number of aryl methyl sites for hydroxylation is 1. The molecule has 0 bridgehead atoms. The first-order chi connectivity index (χ1) is 30.3. The number of hydroxylamine groups is 2. The predicted molar refractivity (Wildman–Crippen MR) is 243 cm³/mol. The Kier molecular flexibility index (Phi) is 14.3. The lowest BCUT2D eigenvalue weighted by atomic mass is 9.81. The molecule has 0 aliphatic carbocycles. The van der Waals surface area contributed by atoms with E-state index in [-0.39, 0.29) is 42.0 Å². The number of amides is 2. The summed E-state index contributed by atoms with van der Waals surface area (Å²) in [6, 6.07) is 16.6. The molecule has 6 rings (SSSR count). The summed E-state index contributed by atoms with van der Waals surface area (Å²) in [5.74, 6) is -2.28. The minimum atomic E-state index is -4.57. The zero-order chi connectivity index (χ0) is 47.7. The lowest BCUT2D eigenvalue weighted by Gasteiger charge is -2.27. The summed E-state index contributed by atoms with van der Waals surface area (Å²) in [6.07, 6.45) is 10.1. The molecule has 1 saturated heterocycles. The van der Waals surface area contributed by atoms with Crippen molar-refractivity contribution in [3.8, 4) is 0 Å². The summed E-state index contributed by atoms with van der Waals surface area (Å²) in [5.41, 5.74) is 5.10. The fourth-order valence-corrected chi connectivity index (χ4v) is 10.1. The second-order valence-corrected chi connectivity index (χ2v) is 21.8. The van der Waals surface area contributed by atoms with Crippen molar-refractivity contribution in [3.05, 3.63) is 113 Å². The molecule has 2 amide bonds. The van der Waals surface area contributed by atoms with Gasteiger partial charge in [-0.1, -0.05) is 51.1 Å². The maximum atomic E-state index is 12.4. The van der Waals surface area contributed by atoms with E-state index in [0.717, 1.165) is 34.5 Å². The molecule has 3 aromatic carbocycles. The Hall–Kier alpha value is -5.31. The van der Waals surface area contributed by atoms with Gasteiger partial charge in [-0.3, -0.25) is 23.2 Å². The van der Waals surface area contributed by atoms with Gasteiger partial charge in [0.25, 0.3) is 42.2 Å². The third kappa shape index (κ3) is 11.0. The first-order valence-corrected chi connectivity index (χ1v) is 25.7. The summed E-state index contributed by atoms with van der Waals surface area (Å²) in [7, 11) is -13.3. The Labute approximate surface area is 380 Å². The fraction of sp³-hybridized carbons (Fsp3) is 0.391. The van der Waals surface area contributed by atoms with E-state index in [1.54, 1.807) is 12.1 Å². The highest BCUT2D eigenvalue weighted by Gasteiger charge is 2.45. The van der Waals surface area contributed by atoms with Gasteiger partial charge in [-0.15, -0.1) is 5.06 Å². The van der Waals surface area contributed by atoms with Crippen LogP contribution in [0.4, 0.5) is 11.4 Å². The van der Waals surface area contributed by atoms with Gasteiger partial charge in [-0.05, 0) is 104 Å². The third-order valence-corrected chi connectivity index (χ3v) is 14.5. The molecule has 0 spiro atoms. The van der Waals surface area contributed by atoms with Crippen LogP contribution in [0.1, 0.15) is 102 Å². The Morgan fingerprint density at radius 2 is 1.46 bits per heavy atom. The van der Waals surface area contributed by atoms with Crippen LogP contribution in [0.25, 0.3) is 5.57 Å². The number of imide groups is 1. The molecule has 0 atom stereocenters. The molecule has 3 aliphatic rings. The molecular formula is C46H54N3O13S3+. The number of unbranched alkanes of at least 4 members (excludes halogenated alkanes) is 1. The molecule has 3 heterocycles. The fourth-order valence-electron chi connectivity index (χ4n) is 8.64. The normalized spacial score (nSPS) is 18.0. The topological polar surface area (TPSA) is 233 Å². The number of rotatable bonds is 18. The first kappa shape index (κ1) is 49.1. The van der Waals surface area contributed by atoms with Gasteiger partial charge in [-0.2, -0.15) is 29.8 Å². The summed E-state index contributed by atoms with van der Waals surface area (Å²) in [4.78, 5) is 42.6. The molecule has 1 fully saturated rings. The number of carbonyl (C=O) groups excluding carboxylic acids is 3. The summed E-state index contributed by atoms with van der Waals surface area (Å²) >= 11 is 0. The molecule has 3 N–H and O–H groups in total. The third-order valence-electron chi connectivity index (χ3n) is 12.0. The highest BCUT2D eigenvalue weighted by atomic mass is 32.2. The highest BCUT2D eigenvalue weighted by Crippen LogP contribution is 2.49. The van der Waals surface area contributed by atoms with Crippen LogP contribution < -0.4 is 4.90 Å². The van der Waals surface area contributed by atoms with Gasteiger partial charge in [0.05, 0.1) is 21.0 Å². The van der Waals surface area contributed by atoms with Gasteiger partial charge < -0.3 is 9.74 Å². The first-order valence-electron chi connectivity index (χ1n) is 21.2. The molecule has 3 aromatic rings. The quantitative estimate of drug-likeness (QED) is 0.0388. The van der Waals surface area contributed by atoms with Gasteiger partial charge in [0.15, 0.2) is 5.71 Å². The van der Waals surface area contributed by atoms with Gasteiger partial charge in [0.2, 0.25) is 5.69 Å². The van der Waals surface area contributed by atoms with Crippen molar-refractivity contribution in [1.29, 1.82) is 0 Å². The monoisotopic (exact) mass is 952 g/mol. The Morgan fingerprint density at radius 1 is 0.815 bits per heavy atom. The van der Waals surface area contributed by atoms with Crippen molar-refractivity contribution in [3.63, 3.8) is 0 Å². The van der Waals surface area contributed by atoms with Crippen LogP contribution in [0, 0.1) is 0 Å². The summed E-state index contributed by atoms with van der Waals surface area (Å²) in [6.45, 7) is 10.5. The number of hydrogen-bond donors (Lipinski definition) is 3. The van der Waals surface area contributed by atoms with Crippen molar-refractivity contribution in [2.75, 3.05) is 23.7 Å². The molecule has 3 aliphatic heterocycles. The Balaban J connectivity index is 1.40. The van der Waals surface area contributed by atoms with Crippen LogP contribution >= 0.6 is 0 Å². The summed E-state index contributed by atoms with van der Waals surface area (Å²) < 4.78 is 104. The van der Waals surface area contributed by atoms with E-state index in [4.69, 9.17) is 4.84 Å². The van der Waals surface area contributed by atoms with E-state index in [1.807, 2.05) is 88.1 Å². The number of hydrogen-bond acceptors (Lipinski definition) is 11. The van der Waals surface area contributed by atoms with Crippen LogP contribution in [-0.4, -0.2) is 90.9 Å². The van der Waals surface area contributed by atoms with E-state index in [0.29, 0.717) is 53.4 Å². The van der Waals surface area contributed by atoms with Crippen LogP contribution in [0.2, 0.25) is 0 Å². The van der Waals surface area contributed by atoms with Gasteiger partial charge >= 0.3 is 5.97 Å². The van der Waals surface area contributed by atoms with Gasteiger partial charge in [-0.25, -0.2) is 4.79 Å². The number of benzene rings is 3. The van der Waals surface area contributed by atoms with Crippen molar-refractivity contribution >= 4 is 70.8 Å². The maximum Gasteiger partial charge on any atom is 0.333 e. The Morgan fingerprint density at radius 3 is 2.09 bits per heavy atom. The van der Waals surface area contributed by atoms with Crippen molar-refractivity contribution in [2.45, 2.75) is 107 Å². The van der Waals surface area contributed by atoms with E-state index in [1.165, 1.54) is 24.3 Å². The zero-order valence-electron chi connectivity index (χ0n) is 36.9. The van der Waals surface area contributed by atoms with Crippen molar-refractivity contribution < 1.29 is 62.7 Å². The second kappa shape index (κ2) is 18.9. The van der Waals surface area contributed by atoms with Gasteiger partial charge in [0.1, 0.15) is 6.54 Å². The maximum absolute atomic E-state index is 12.4. The molecule has 0 aromatic heterocycles. The predicted octanol–water partition coefficient (Wildman–Crippen LogP) is 6.89. The smallest absolute Gasteiger partial charge is 0.333 e. The molecule has 65 heavy (non-hydrogen) atoms. The number of anilines is 1. The SMILES string of the molecule is CCC[N+]1=C(/C=C/C(=C/C=C2/N(CCCS(=O)(=O)O)c3ccc(S(=O)(=O)O)cc3C2(C)C)c2cccc(CCCCC(=O)ON3C(=O)CCC3=O)c2)C(C)(C)c2cc(S(=O)(=O)O)ccc21. The molecule has 348 valence electrons. The highest BCUT2D eigenvalue weighted by molar-refractivity contribution is 7.86. The molecule has 19 heteroatoms. The largest absolute Gasteiger partial charge is 0.344 e. The molecule has 0 saturated carbocycles. The minimum Gasteiger partial charge on any atom is -0.344 e. The lowest BCUT2D eigenvalue weighted by molar-refractivity contribution is -0.437. The van der Waals surface area contributed by atoms with Crippen molar-refractivity contribution in [2.24, 2.45) is 0 Å². The minimum absolute atomic E-state index is 0.000373. The average Bonchev–Trinajstić information content (AvgIpc) is 3.73. The van der Waals surface area contributed by atoms with Gasteiger partial charge in [0, 0.05) is 66.7 Å². The standard InChI is InChI=1S/C46H53N3O13S3/c1-6-25-47-38-19-17-34(64(56,57)58)29-36(38)45(2,3)40(47)21-15-32(33-13-9-12-31(28-33)11-7-8-14-44(52)62-49-42(50)23-24-43(49)51)16-22-41-46(4,5)37-30-35(65(59,60)61)18-20-39(37)48(41)26-10-27-63(53,54)55/h9,12-13,15-22,28-30H,6-8,10-11,14,23-27H2,1-5H3,(H2-,53,54,55,56,57,58,59,60,61)/p+1. The van der Waals surface area contributed by atoms with Crippen molar-refractivity contribution in [1.82, 2.24) is 5.06 Å². The average molecular weight is 953 g/mol. The number of allylic oxidation sites excluding steroid dienone is 6. The van der Waals surface area contributed by atoms with E-state index >= 15 is 0 Å². The number of carbonyl (C=O) groups is 3. The van der Waals surface area contributed by atoms with E-state index in [9.17, 15) is 53.3 Å². The summed E-state index contributed by atoms with van der Waals surface area (Å²) in [5, 5.41) is 0.533. The number of nitrogens with zero attached hydrogens (tertiary/aromatic N) is 3. The molecule has 16 nitrogen and oxygen atoms in total. The van der Waals surface area contributed by atoms with E-state index in [2.05, 4.69) is 4.58 Å². The van der Waals surface area contributed by atoms with Crippen LogP contribution in [0.15, 0.2) is 100 Å². The molecule has 0 radical (unpaired) electrons. The Bertz CT molecular complexity index is 2880. The molecular weight excluding hydrogens is 899 g/mol. The zero-order valence-corrected chi connectivity index (χ0v) is 39.3.